The van der Waals surface area contributed by atoms with Crippen LogP contribution in [0.1, 0.15) is 24.1 Å². The highest BCUT2D eigenvalue weighted by Gasteiger charge is 2.17. The van der Waals surface area contributed by atoms with E-state index in [0.717, 1.165) is 11.1 Å². The number of hydrogen-bond donors (Lipinski definition) is 1. The quantitative estimate of drug-likeness (QED) is 0.606. The van der Waals surface area contributed by atoms with Crippen molar-refractivity contribution in [1.82, 2.24) is 0 Å². The molecule has 0 aliphatic carbocycles. The third-order valence-corrected chi connectivity index (χ3v) is 3.73. The van der Waals surface area contributed by atoms with Crippen molar-refractivity contribution < 1.29 is 4.92 Å². The molecule has 0 saturated heterocycles. The van der Waals surface area contributed by atoms with Crippen LogP contribution in [0, 0.1) is 17.0 Å². The number of anilines is 1. The van der Waals surface area contributed by atoms with Gasteiger partial charge in [0, 0.05) is 16.1 Å². The molecule has 0 saturated carbocycles. The monoisotopic (exact) mass is 324 g/mol. The van der Waals surface area contributed by atoms with Crippen molar-refractivity contribution in [3.8, 4) is 0 Å². The fourth-order valence-corrected chi connectivity index (χ4v) is 2.53. The molecule has 1 unspecified atom stereocenters. The molecular weight excluding hydrogens is 311 g/mol. The lowest BCUT2D eigenvalue weighted by molar-refractivity contribution is -0.384. The van der Waals surface area contributed by atoms with Crippen molar-refractivity contribution >= 4 is 34.6 Å². The van der Waals surface area contributed by atoms with E-state index >= 15 is 0 Å². The predicted octanol–water partition coefficient (Wildman–Crippen LogP) is 5.38. The topological polar surface area (TPSA) is 55.2 Å². The van der Waals surface area contributed by atoms with E-state index < -0.39 is 4.92 Å². The summed E-state index contributed by atoms with van der Waals surface area (Å²) in [5.41, 5.74) is 2.12. The molecule has 4 nitrogen and oxygen atoms in total. The lowest BCUT2D eigenvalue weighted by Crippen LogP contribution is -2.09. The largest absolute Gasteiger partial charge is 0.373 e. The van der Waals surface area contributed by atoms with Gasteiger partial charge in [0.15, 0.2) is 0 Å². The van der Waals surface area contributed by atoms with Gasteiger partial charge in [-0.05, 0) is 49.2 Å². The number of hydrogen-bond acceptors (Lipinski definition) is 3. The van der Waals surface area contributed by atoms with Crippen LogP contribution >= 0.6 is 23.2 Å². The van der Waals surface area contributed by atoms with Gasteiger partial charge >= 0.3 is 0 Å². The Hall–Kier alpha value is -1.78. The van der Waals surface area contributed by atoms with Crippen LogP contribution in [0.3, 0.4) is 0 Å². The summed E-state index contributed by atoms with van der Waals surface area (Å²) >= 11 is 12.1. The van der Waals surface area contributed by atoms with Gasteiger partial charge in [-0.2, -0.15) is 0 Å². The van der Waals surface area contributed by atoms with E-state index in [1.54, 1.807) is 24.3 Å². The van der Waals surface area contributed by atoms with Gasteiger partial charge < -0.3 is 5.32 Å². The highest BCUT2D eigenvalue weighted by molar-refractivity contribution is 6.33. The Morgan fingerprint density at radius 3 is 2.57 bits per heavy atom. The minimum absolute atomic E-state index is 0.0417. The summed E-state index contributed by atoms with van der Waals surface area (Å²) in [4.78, 5) is 10.7. The maximum atomic E-state index is 11.1. The van der Waals surface area contributed by atoms with Crippen molar-refractivity contribution in [3.05, 3.63) is 67.7 Å². The summed E-state index contributed by atoms with van der Waals surface area (Å²) in [5.74, 6) is 0. The van der Waals surface area contributed by atoms with E-state index in [0.29, 0.717) is 15.7 Å². The van der Waals surface area contributed by atoms with Crippen LogP contribution in [-0.2, 0) is 0 Å². The molecule has 0 aliphatic rings. The number of nitro groups is 1. The Bertz CT molecular complexity index is 689. The lowest BCUT2D eigenvalue weighted by Gasteiger charge is -2.17. The molecule has 110 valence electrons. The second-order valence-corrected chi connectivity index (χ2v) is 5.65. The number of nitro benzene ring substituents is 1. The first-order chi connectivity index (χ1) is 9.88. The third-order valence-electron chi connectivity index (χ3n) is 3.15. The molecule has 2 aromatic carbocycles. The molecule has 2 rings (SSSR count). The third kappa shape index (κ3) is 3.65. The van der Waals surface area contributed by atoms with Crippen molar-refractivity contribution in [2.24, 2.45) is 0 Å². The Morgan fingerprint density at radius 2 is 1.90 bits per heavy atom. The molecule has 6 heteroatoms. The van der Waals surface area contributed by atoms with Crippen LogP contribution in [0.25, 0.3) is 0 Å². The smallest absolute Gasteiger partial charge is 0.292 e. The van der Waals surface area contributed by atoms with E-state index in [-0.39, 0.29) is 11.7 Å². The number of aryl methyl sites for hydroxylation is 1. The Morgan fingerprint density at radius 1 is 1.19 bits per heavy atom. The number of benzene rings is 2. The zero-order valence-corrected chi connectivity index (χ0v) is 13.1. The van der Waals surface area contributed by atoms with Gasteiger partial charge in [-0.15, -0.1) is 0 Å². The second kappa shape index (κ2) is 6.33. The summed E-state index contributed by atoms with van der Waals surface area (Å²) in [6, 6.07) is 10.0. The van der Waals surface area contributed by atoms with Gasteiger partial charge in [0.05, 0.1) is 11.0 Å². The zero-order valence-electron chi connectivity index (χ0n) is 11.6. The molecule has 0 aromatic heterocycles. The molecule has 21 heavy (non-hydrogen) atoms. The molecule has 0 radical (unpaired) electrons. The summed E-state index contributed by atoms with van der Waals surface area (Å²) in [6.07, 6.45) is 0. The first kappa shape index (κ1) is 15.6. The van der Waals surface area contributed by atoms with Crippen LogP contribution < -0.4 is 5.32 Å². The maximum absolute atomic E-state index is 11.1. The van der Waals surface area contributed by atoms with Crippen LogP contribution in [0.4, 0.5) is 11.4 Å². The molecule has 1 N–H and O–H groups in total. The fourth-order valence-electron chi connectivity index (χ4n) is 2.07. The second-order valence-electron chi connectivity index (χ2n) is 4.81. The van der Waals surface area contributed by atoms with Gasteiger partial charge in [0.2, 0.25) is 0 Å². The molecule has 0 spiro atoms. The maximum Gasteiger partial charge on any atom is 0.292 e. The summed E-state index contributed by atoms with van der Waals surface area (Å²) in [5, 5.41) is 15.4. The van der Waals surface area contributed by atoms with E-state index in [2.05, 4.69) is 5.32 Å². The Balaban J connectivity index is 2.33. The number of rotatable bonds is 4. The first-order valence-electron chi connectivity index (χ1n) is 6.35. The normalized spacial score (nSPS) is 12.0. The zero-order chi connectivity index (χ0) is 15.6. The average Bonchev–Trinajstić information content (AvgIpc) is 2.43. The van der Waals surface area contributed by atoms with Gasteiger partial charge in [-0.3, -0.25) is 10.1 Å². The van der Waals surface area contributed by atoms with Crippen LogP contribution in [0.15, 0.2) is 36.4 Å². The minimum atomic E-state index is -0.401. The average molecular weight is 325 g/mol. The van der Waals surface area contributed by atoms with Gasteiger partial charge in [0.25, 0.3) is 5.69 Å². The SMILES string of the molecule is Cc1ccc(NC(C)c2cc(Cl)ccc2Cl)c([N+](=O)[O-])c1. The number of halogens is 2. The molecule has 1 atom stereocenters. The summed E-state index contributed by atoms with van der Waals surface area (Å²) in [7, 11) is 0. The highest BCUT2D eigenvalue weighted by atomic mass is 35.5. The minimum Gasteiger partial charge on any atom is -0.373 e. The number of nitrogens with zero attached hydrogens (tertiary/aromatic N) is 1. The summed E-state index contributed by atoms with van der Waals surface area (Å²) in [6.45, 7) is 3.69. The van der Waals surface area contributed by atoms with Crippen LogP contribution in [0.5, 0.6) is 0 Å². The van der Waals surface area contributed by atoms with Gasteiger partial charge in [0.1, 0.15) is 5.69 Å². The fraction of sp³-hybridized carbons (Fsp3) is 0.200. The Labute approximate surface area is 132 Å². The van der Waals surface area contributed by atoms with E-state index in [9.17, 15) is 10.1 Å². The number of nitrogens with one attached hydrogen (secondary N) is 1. The van der Waals surface area contributed by atoms with Crippen molar-refractivity contribution in [1.29, 1.82) is 0 Å². The Kier molecular flexibility index (Phi) is 4.70. The molecule has 2 aromatic rings. The predicted molar refractivity (Wildman–Crippen MR) is 86.3 cm³/mol. The lowest BCUT2D eigenvalue weighted by atomic mass is 10.1. The van der Waals surface area contributed by atoms with Crippen LogP contribution in [-0.4, -0.2) is 4.92 Å². The summed E-state index contributed by atoms with van der Waals surface area (Å²) < 4.78 is 0. The van der Waals surface area contributed by atoms with Crippen molar-refractivity contribution in [2.45, 2.75) is 19.9 Å². The molecule has 0 aliphatic heterocycles. The molecule has 0 heterocycles. The highest BCUT2D eigenvalue weighted by Crippen LogP contribution is 2.32. The molecule has 0 bridgehead atoms. The van der Waals surface area contributed by atoms with Crippen LogP contribution in [0.2, 0.25) is 10.0 Å². The van der Waals surface area contributed by atoms with Crippen molar-refractivity contribution in [3.63, 3.8) is 0 Å². The van der Waals surface area contributed by atoms with E-state index in [1.165, 1.54) is 6.07 Å². The first-order valence-corrected chi connectivity index (χ1v) is 7.10. The molecular formula is C15H14Cl2N2O2. The molecule has 0 fully saturated rings. The van der Waals surface area contributed by atoms with E-state index in [4.69, 9.17) is 23.2 Å². The van der Waals surface area contributed by atoms with Crippen molar-refractivity contribution in [2.75, 3.05) is 5.32 Å². The molecule has 0 amide bonds. The van der Waals surface area contributed by atoms with E-state index in [1.807, 2.05) is 19.9 Å². The van der Waals surface area contributed by atoms with Gasteiger partial charge in [-0.25, -0.2) is 0 Å². The standard InChI is InChI=1S/C15H14Cl2N2O2/c1-9-3-6-14(15(7-9)19(20)21)18-10(2)12-8-11(16)4-5-13(12)17/h3-8,10,18H,1-2H3. The van der Waals surface area contributed by atoms with Gasteiger partial charge in [-0.1, -0.05) is 29.3 Å².